The van der Waals surface area contributed by atoms with Gasteiger partial charge in [-0.2, -0.15) is 0 Å². The van der Waals surface area contributed by atoms with Crippen LogP contribution in [0.1, 0.15) is 26.5 Å². The molecule has 2 heterocycles. The van der Waals surface area contributed by atoms with Crippen LogP contribution in [0.5, 0.6) is 0 Å². The Kier molecular flexibility index (Phi) is 4.52. The number of benzene rings is 2. The highest BCUT2D eigenvalue weighted by Gasteiger charge is 2.24. The summed E-state index contributed by atoms with van der Waals surface area (Å²) in [6, 6.07) is 17.8. The van der Waals surface area contributed by atoms with E-state index < -0.39 is 0 Å². The largest absolute Gasteiger partial charge is 0.382 e. The van der Waals surface area contributed by atoms with E-state index in [1.807, 2.05) is 54.6 Å². The van der Waals surface area contributed by atoms with E-state index in [-0.39, 0.29) is 5.41 Å². The SMILES string of the molecule is CC(C)(C)c1nc(-c2cc(Cl)c3ncccc3c2)c(-c2ccccc2)nc1N. The Hall–Kier alpha value is -2.98. The summed E-state index contributed by atoms with van der Waals surface area (Å²) in [5.41, 5.74) is 11.0. The van der Waals surface area contributed by atoms with E-state index in [0.717, 1.165) is 39.1 Å². The monoisotopic (exact) mass is 388 g/mol. The molecule has 2 aromatic carbocycles. The second kappa shape index (κ2) is 6.88. The molecule has 4 rings (SSSR count). The lowest BCUT2D eigenvalue weighted by molar-refractivity contribution is 0.570. The van der Waals surface area contributed by atoms with E-state index in [4.69, 9.17) is 27.3 Å². The van der Waals surface area contributed by atoms with Gasteiger partial charge in [0.15, 0.2) is 0 Å². The molecular formula is C23H21ClN4. The number of anilines is 1. The van der Waals surface area contributed by atoms with Gasteiger partial charge in [0.1, 0.15) is 5.82 Å². The summed E-state index contributed by atoms with van der Waals surface area (Å²) in [6.07, 6.45) is 1.74. The molecule has 140 valence electrons. The molecule has 0 saturated carbocycles. The van der Waals surface area contributed by atoms with Crippen molar-refractivity contribution in [2.45, 2.75) is 26.2 Å². The van der Waals surface area contributed by atoms with E-state index in [9.17, 15) is 0 Å². The van der Waals surface area contributed by atoms with Crippen molar-refractivity contribution in [1.82, 2.24) is 15.0 Å². The molecule has 0 aliphatic rings. The summed E-state index contributed by atoms with van der Waals surface area (Å²) >= 11 is 6.54. The molecule has 0 aliphatic carbocycles. The van der Waals surface area contributed by atoms with E-state index >= 15 is 0 Å². The van der Waals surface area contributed by atoms with Gasteiger partial charge < -0.3 is 5.73 Å². The highest BCUT2D eigenvalue weighted by Crippen LogP contribution is 2.37. The topological polar surface area (TPSA) is 64.7 Å². The van der Waals surface area contributed by atoms with Crippen molar-refractivity contribution in [3.05, 3.63) is 71.5 Å². The zero-order valence-electron chi connectivity index (χ0n) is 16.1. The predicted molar refractivity (Wildman–Crippen MR) is 116 cm³/mol. The molecule has 0 bridgehead atoms. The van der Waals surface area contributed by atoms with E-state index in [0.29, 0.717) is 10.8 Å². The zero-order valence-corrected chi connectivity index (χ0v) is 16.8. The van der Waals surface area contributed by atoms with Crippen molar-refractivity contribution in [2.75, 3.05) is 5.73 Å². The van der Waals surface area contributed by atoms with Gasteiger partial charge in [0.05, 0.1) is 27.6 Å². The van der Waals surface area contributed by atoms with Gasteiger partial charge in [-0.3, -0.25) is 4.98 Å². The van der Waals surface area contributed by atoms with Gasteiger partial charge in [0, 0.05) is 28.1 Å². The third kappa shape index (κ3) is 3.32. The van der Waals surface area contributed by atoms with Crippen LogP contribution in [0.2, 0.25) is 5.02 Å². The minimum atomic E-state index is -0.233. The van der Waals surface area contributed by atoms with Gasteiger partial charge in [0.25, 0.3) is 0 Å². The molecule has 0 unspecified atom stereocenters. The highest BCUT2D eigenvalue weighted by molar-refractivity contribution is 6.35. The van der Waals surface area contributed by atoms with Gasteiger partial charge in [-0.25, -0.2) is 9.97 Å². The molecule has 2 aromatic heterocycles. The van der Waals surface area contributed by atoms with Crippen molar-refractivity contribution < 1.29 is 0 Å². The average molecular weight is 389 g/mol. The Bertz CT molecular complexity index is 1160. The third-order valence-electron chi connectivity index (χ3n) is 4.61. The average Bonchev–Trinajstić information content (AvgIpc) is 2.67. The number of aromatic nitrogens is 3. The first-order valence-corrected chi connectivity index (χ1v) is 9.50. The maximum absolute atomic E-state index is 6.54. The Labute approximate surface area is 169 Å². The van der Waals surface area contributed by atoms with Crippen LogP contribution in [-0.2, 0) is 5.41 Å². The summed E-state index contributed by atoms with van der Waals surface area (Å²) in [4.78, 5) is 14.1. The minimum Gasteiger partial charge on any atom is -0.382 e. The Morgan fingerprint density at radius 2 is 1.57 bits per heavy atom. The van der Waals surface area contributed by atoms with Crippen molar-refractivity contribution in [3.8, 4) is 22.5 Å². The molecule has 28 heavy (non-hydrogen) atoms. The third-order valence-corrected chi connectivity index (χ3v) is 4.90. The van der Waals surface area contributed by atoms with Gasteiger partial charge in [0.2, 0.25) is 0 Å². The number of hydrogen-bond donors (Lipinski definition) is 1. The molecule has 2 N–H and O–H groups in total. The normalized spacial score (nSPS) is 11.7. The minimum absolute atomic E-state index is 0.233. The lowest BCUT2D eigenvalue weighted by Gasteiger charge is -2.22. The molecule has 0 atom stereocenters. The molecule has 0 amide bonds. The number of halogens is 1. The van der Waals surface area contributed by atoms with E-state index in [1.54, 1.807) is 6.20 Å². The molecule has 0 fully saturated rings. The fourth-order valence-corrected chi connectivity index (χ4v) is 3.56. The van der Waals surface area contributed by atoms with Crippen molar-refractivity contribution in [2.24, 2.45) is 0 Å². The zero-order chi connectivity index (χ0) is 19.9. The number of hydrogen-bond acceptors (Lipinski definition) is 4. The van der Waals surface area contributed by atoms with E-state index in [1.165, 1.54) is 0 Å². The van der Waals surface area contributed by atoms with Gasteiger partial charge in [-0.15, -0.1) is 0 Å². The van der Waals surface area contributed by atoms with Crippen LogP contribution in [0.4, 0.5) is 5.82 Å². The summed E-state index contributed by atoms with van der Waals surface area (Å²) in [6.45, 7) is 6.24. The second-order valence-electron chi connectivity index (χ2n) is 7.80. The maximum Gasteiger partial charge on any atom is 0.146 e. The lowest BCUT2D eigenvalue weighted by atomic mass is 9.91. The first-order valence-electron chi connectivity index (χ1n) is 9.12. The molecule has 0 spiro atoms. The quantitative estimate of drug-likeness (QED) is 0.464. The summed E-state index contributed by atoms with van der Waals surface area (Å²) < 4.78 is 0. The van der Waals surface area contributed by atoms with Gasteiger partial charge in [-0.1, -0.05) is 68.8 Å². The smallest absolute Gasteiger partial charge is 0.146 e. The first kappa shape index (κ1) is 18.4. The van der Waals surface area contributed by atoms with Crippen LogP contribution in [0.15, 0.2) is 60.8 Å². The highest BCUT2D eigenvalue weighted by atomic mass is 35.5. The first-order chi connectivity index (χ1) is 13.3. The van der Waals surface area contributed by atoms with Crippen molar-refractivity contribution >= 4 is 28.3 Å². The molecular weight excluding hydrogens is 368 g/mol. The molecule has 0 saturated heterocycles. The Balaban J connectivity index is 2.04. The number of nitrogens with two attached hydrogens (primary N) is 1. The fraction of sp³-hybridized carbons (Fsp3) is 0.174. The molecule has 0 radical (unpaired) electrons. The number of pyridine rings is 1. The molecule has 4 nitrogen and oxygen atoms in total. The number of rotatable bonds is 2. The van der Waals surface area contributed by atoms with Crippen LogP contribution in [0.3, 0.4) is 0 Å². The van der Waals surface area contributed by atoms with Crippen molar-refractivity contribution in [1.29, 1.82) is 0 Å². The molecule has 0 aliphatic heterocycles. The number of nitrogen functional groups attached to an aromatic ring is 1. The lowest BCUT2D eigenvalue weighted by Crippen LogP contribution is -2.18. The van der Waals surface area contributed by atoms with Crippen LogP contribution >= 0.6 is 11.6 Å². The molecule has 4 aromatic rings. The number of nitrogens with zero attached hydrogens (tertiary/aromatic N) is 3. The Morgan fingerprint density at radius 1 is 0.857 bits per heavy atom. The van der Waals surface area contributed by atoms with Crippen LogP contribution < -0.4 is 5.73 Å². The Morgan fingerprint density at radius 3 is 2.29 bits per heavy atom. The van der Waals surface area contributed by atoms with Crippen LogP contribution in [0, 0.1) is 0 Å². The van der Waals surface area contributed by atoms with Crippen LogP contribution in [-0.4, -0.2) is 15.0 Å². The fourth-order valence-electron chi connectivity index (χ4n) is 3.28. The molecule has 5 heteroatoms. The van der Waals surface area contributed by atoms with Crippen LogP contribution in [0.25, 0.3) is 33.4 Å². The summed E-state index contributed by atoms with van der Waals surface area (Å²) in [7, 11) is 0. The van der Waals surface area contributed by atoms with Crippen molar-refractivity contribution in [3.63, 3.8) is 0 Å². The summed E-state index contributed by atoms with van der Waals surface area (Å²) in [5, 5.41) is 1.54. The van der Waals surface area contributed by atoms with Gasteiger partial charge in [-0.05, 0) is 18.2 Å². The second-order valence-corrected chi connectivity index (χ2v) is 8.21. The van der Waals surface area contributed by atoms with Gasteiger partial charge >= 0.3 is 0 Å². The predicted octanol–water partition coefficient (Wildman–Crippen LogP) is 5.89. The standard InChI is InChI=1S/C23H21ClN4/c1-23(2,3)21-22(25)28-19(14-8-5-4-6-9-14)20(27-21)16-12-15-10-7-11-26-18(15)17(24)13-16/h4-13H,1-3H3,(H2,25,28). The van der Waals surface area contributed by atoms with E-state index in [2.05, 4.69) is 25.8 Å². The summed E-state index contributed by atoms with van der Waals surface area (Å²) in [5.74, 6) is 0.448. The number of fused-ring (bicyclic) bond motifs is 1. The maximum atomic E-state index is 6.54.